The Morgan fingerprint density at radius 3 is 2.57 bits per heavy atom. The summed E-state index contributed by atoms with van der Waals surface area (Å²) in [5.41, 5.74) is 1.24. The van der Waals surface area contributed by atoms with E-state index in [0.29, 0.717) is 17.4 Å². The van der Waals surface area contributed by atoms with Crippen molar-refractivity contribution in [2.45, 2.75) is 44.9 Å². The van der Waals surface area contributed by atoms with Crippen LogP contribution >= 0.6 is 0 Å². The topological polar surface area (TPSA) is 20.3 Å². The fourth-order valence-electron chi connectivity index (χ4n) is 4.00. The van der Waals surface area contributed by atoms with Crippen molar-refractivity contribution in [1.29, 1.82) is 0 Å². The molecule has 1 aliphatic heterocycles. The van der Waals surface area contributed by atoms with Crippen LogP contribution in [0.15, 0.2) is 24.3 Å². The van der Waals surface area contributed by atoms with E-state index in [1.54, 1.807) is 12.1 Å². The minimum absolute atomic E-state index is 0.129. The molecule has 1 saturated heterocycles. The zero-order valence-electron chi connectivity index (χ0n) is 12.6. The summed E-state index contributed by atoms with van der Waals surface area (Å²) in [5.74, 6) is -0.157. The first-order valence-corrected chi connectivity index (χ1v) is 8.18. The van der Waals surface area contributed by atoms with Crippen LogP contribution in [0, 0.1) is 11.2 Å². The molecule has 2 nitrogen and oxygen atoms in total. The number of benzene rings is 1. The first kappa shape index (κ1) is 14.7. The van der Waals surface area contributed by atoms with Crippen LogP contribution in [0.25, 0.3) is 0 Å². The van der Waals surface area contributed by atoms with Crippen LogP contribution in [0.1, 0.15) is 55.3 Å². The molecule has 21 heavy (non-hydrogen) atoms. The van der Waals surface area contributed by atoms with Gasteiger partial charge in [-0.2, -0.15) is 0 Å². The van der Waals surface area contributed by atoms with Gasteiger partial charge in [0.15, 0.2) is 5.78 Å². The van der Waals surface area contributed by atoms with E-state index >= 15 is 0 Å². The van der Waals surface area contributed by atoms with E-state index in [-0.39, 0.29) is 11.6 Å². The fraction of sp³-hybridized carbons (Fsp3) is 0.611. The number of ketones is 1. The minimum atomic E-state index is -0.287. The van der Waals surface area contributed by atoms with E-state index in [1.165, 1.54) is 57.3 Å². The van der Waals surface area contributed by atoms with Crippen molar-refractivity contribution in [3.05, 3.63) is 35.6 Å². The highest BCUT2D eigenvalue weighted by Crippen LogP contribution is 2.45. The number of halogens is 1. The number of Topliss-reactive ketones (excluding diaryl/α,β-unsaturated/α-hetero) is 1. The summed E-state index contributed by atoms with van der Waals surface area (Å²) in [6.07, 6.45) is 8.42. The molecule has 1 aliphatic carbocycles. The first-order valence-electron chi connectivity index (χ1n) is 8.18. The Hall–Kier alpha value is -1.22. The van der Waals surface area contributed by atoms with Crippen molar-refractivity contribution in [3.63, 3.8) is 0 Å². The van der Waals surface area contributed by atoms with Gasteiger partial charge >= 0.3 is 0 Å². The molecule has 114 valence electrons. The fourth-order valence-corrected chi connectivity index (χ4v) is 4.00. The molecule has 1 spiro atoms. The molecule has 3 heteroatoms. The number of carbonyl (C=O) groups excluding carboxylic acids is 1. The summed E-state index contributed by atoms with van der Waals surface area (Å²) in [6.45, 7) is 3.46. The van der Waals surface area contributed by atoms with Gasteiger partial charge in [0.2, 0.25) is 0 Å². The Morgan fingerprint density at radius 1 is 1.14 bits per heavy atom. The molecule has 0 amide bonds. The van der Waals surface area contributed by atoms with Gasteiger partial charge in [0.1, 0.15) is 5.82 Å². The molecule has 2 aliphatic rings. The van der Waals surface area contributed by atoms with Crippen LogP contribution in [0.4, 0.5) is 4.39 Å². The Labute approximate surface area is 126 Å². The predicted molar refractivity (Wildman–Crippen MR) is 81.9 cm³/mol. The van der Waals surface area contributed by atoms with Gasteiger partial charge in [-0.25, -0.2) is 4.39 Å². The monoisotopic (exact) mass is 289 g/mol. The molecule has 1 aromatic carbocycles. The van der Waals surface area contributed by atoms with Crippen LogP contribution in [0.2, 0.25) is 0 Å². The van der Waals surface area contributed by atoms with Gasteiger partial charge in [0.25, 0.3) is 0 Å². The summed E-state index contributed by atoms with van der Waals surface area (Å²) in [7, 11) is 0. The maximum absolute atomic E-state index is 12.8. The third kappa shape index (κ3) is 3.52. The third-order valence-corrected chi connectivity index (χ3v) is 5.23. The van der Waals surface area contributed by atoms with Gasteiger partial charge in [0.05, 0.1) is 0 Å². The number of hydrogen-bond acceptors (Lipinski definition) is 2. The highest BCUT2D eigenvalue weighted by atomic mass is 19.1. The molecule has 1 heterocycles. The Kier molecular flexibility index (Phi) is 4.39. The van der Waals surface area contributed by atoms with Crippen molar-refractivity contribution >= 4 is 5.78 Å². The Bertz CT molecular complexity index is 490. The molecule has 2 fully saturated rings. The summed E-state index contributed by atoms with van der Waals surface area (Å²) in [6, 6.07) is 5.89. The quantitative estimate of drug-likeness (QED) is 0.762. The summed E-state index contributed by atoms with van der Waals surface area (Å²) < 4.78 is 12.8. The standard InChI is InChI=1S/C18H24FNO/c19-16-7-5-15(6-8-16)17(21)4-3-12-20-13-11-18(14-20)9-1-2-10-18/h5-8H,1-4,9-14H2. The van der Waals surface area contributed by atoms with Crippen molar-refractivity contribution < 1.29 is 9.18 Å². The molecule has 1 aromatic rings. The van der Waals surface area contributed by atoms with Gasteiger partial charge in [0, 0.05) is 18.5 Å². The molecule has 3 rings (SSSR count). The zero-order chi connectivity index (χ0) is 14.7. The van der Waals surface area contributed by atoms with Crippen LogP contribution in [-0.2, 0) is 0 Å². The molecule has 1 saturated carbocycles. The highest BCUT2D eigenvalue weighted by molar-refractivity contribution is 5.95. The van der Waals surface area contributed by atoms with E-state index < -0.39 is 0 Å². The number of rotatable bonds is 5. The number of nitrogens with zero attached hydrogens (tertiary/aromatic N) is 1. The van der Waals surface area contributed by atoms with Gasteiger partial charge < -0.3 is 4.90 Å². The van der Waals surface area contributed by atoms with Gasteiger partial charge in [-0.05, 0) is 68.5 Å². The van der Waals surface area contributed by atoms with Crippen LogP contribution in [0.5, 0.6) is 0 Å². The lowest BCUT2D eigenvalue weighted by molar-refractivity contribution is 0.0975. The second kappa shape index (κ2) is 6.27. The minimum Gasteiger partial charge on any atom is -0.303 e. The molecular formula is C18H24FNO. The van der Waals surface area contributed by atoms with E-state index in [1.807, 2.05) is 0 Å². The lowest BCUT2D eigenvalue weighted by atomic mass is 9.86. The molecule has 0 bridgehead atoms. The van der Waals surface area contributed by atoms with E-state index in [9.17, 15) is 9.18 Å². The van der Waals surface area contributed by atoms with Gasteiger partial charge in [-0.3, -0.25) is 4.79 Å². The Balaban J connectivity index is 1.42. The molecular weight excluding hydrogens is 265 g/mol. The molecule has 0 N–H and O–H groups in total. The molecule has 0 atom stereocenters. The summed E-state index contributed by atoms with van der Waals surface area (Å²) in [5, 5.41) is 0. The second-order valence-electron chi connectivity index (χ2n) is 6.77. The zero-order valence-corrected chi connectivity index (χ0v) is 12.6. The van der Waals surface area contributed by atoms with Crippen molar-refractivity contribution in [1.82, 2.24) is 4.90 Å². The average Bonchev–Trinajstić information content (AvgIpc) is 3.10. The van der Waals surface area contributed by atoms with Crippen molar-refractivity contribution in [3.8, 4) is 0 Å². The van der Waals surface area contributed by atoms with Gasteiger partial charge in [-0.1, -0.05) is 12.8 Å². The summed E-state index contributed by atoms with van der Waals surface area (Å²) >= 11 is 0. The lowest BCUT2D eigenvalue weighted by Crippen LogP contribution is -2.26. The smallest absolute Gasteiger partial charge is 0.162 e. The van der Waals surface area contributed by atoms with E-state index in [4.69, 9.17) is 0 Å². The van der Waals surface area contributed by atoms with Crippen LogP contribution < -0.4 is 0 Å². The van der Waals surface area contributed by atoms with Crippen LogP contribution in [0.3, 0.4) is 0 Å². The van der Waals surface area contributed by atoms with Gasteiger partial charge in [-0.15, -0.1) is 0 Å². The first-order chi connectivity index (χ1) is 10.2. The normalized spacial score (nSPS) is 21.2. The molecule has 0 unspecified atom stereocenters. The largest absolute Gasteiger partial charge is 0.303 e. The van der Waals surface area contributed by atoms with Crippen molar-refractivity contribution in [2.75, 3.05) is 19.6 Å². The molecule has 0 radical (unpaired) electrons. The number of hydrogen-bond donors (Lipinski definition) is 0. The predicted octanol–water partition coefficient (Wildman–Crippen LogP) is 4.05. The number of likely N-dealkylation sites (tertiary alicyclic amines) is 1. The third-order valence-electron chi connectivity index (χ3n) is 5.23. The second-order valence-corrected chi connectivity index (χ2v) is 6.77. The highest BCUT2D eigenvalue weighted by Gasteiger charge is 2.39. The maximum Gasteiger partial charge on any atom is 0.162 e. The van der Waals surface area contributed by atoms with E-state index in [0.717, 1.165) is 13.0 Å². The Morgan fingerprint density at radius 2 is 1.86 bits per heavy atom. The summed E-state index contributed by atoms with van der Waals surface area (Å²) in [4.78, 5) is 14.6. The number of carbonyl (C=O) groups is 1. The maximum atomic E-state index is 12.8. The van der Waals surface area contributed by atoms with Crippen LogP contribution in [-0.4, -0.2) is 30.3 Å². The SMILES string of the molecule is O=C(CCCN1CCC2(CCCC2)C1)c1ccc(F)cc1. The van der Waals surface area contributed by atoms with E-state index in [2.05, 4.69) is 4.90 Å². The van der Waals surface area contributed by atoms with Crippen molar-refractivity contribution in [2.24, 2.45) is 5.41 Å². The average molecular weight is 289 g/mol. The molecule has 0 aromatic heterocycles. The lowest BCUT2D eigenvalue weighted by Gasteiger charge is -2.23.